The molecule has 0 spiro atoms. The maximum absolute atomic E-state index is 13.0. The fourth-order valence-corrected chi connectivity index (χ4v) is 4.14. The normalized spacial score (nSPS) is 15.1. The minimum absolute atomic E-state index is 0.0560. The van der Waals surface area contributed by atoms with Gasteiger partial charge < -0.3 is 14.5 Å². The summed E-state index contributed by atoms with van der Waals surface area (Å²) >= 11 is 0.817. The second kappa shape index (κ2) is 9.27. The third kappa shape index (κ3) is 4.67. The van der Waals surface area contributed by atoms with Crippen molar-refractivity contribution >= 4 is 45.9 Å². The highest BCUT2D eigenvalue weighted by atomic mass is 32.2. The van der Waals surface area contributed by atoms with Gasteiger partial charge in [0.15, 0.2) is 0 Å². The number of imide groups is 1. The van der Waals surface area contributed by atoms with Crippen molar-refractivity contribution in [3.05, 3.63) is 70.6 Å². The van der Waals surface area contributed by atoms with Crippen LogP contribution in [-0.2, 0) is 16.0 Å². The van der Waals surface area contributed by atoms with E-state index in [-0.39, 0.29) is 36.1 Å². The standard InChI is InChI=1S/C23H19FN2O5S/c1-30-17-6-7-18-15(13-31-19(18)12-17)11-21(27)25-8-9-26-22(28)20(32-23(26)29)10-14-2-4-16(24)5-3-14/h2-7,10,12-13H,8-9,11H2,1H3,(H,25,27)/b20-10-. The van der Waals surface area contributed by atoms with E-state index in [2.05, 4.69) is 5.32 Å². The molecule has 0 bridgehead atoms. The highest BCUT2D eigenvalue weighted by Gasteiger charge is 2.34. The monoisotopic (exact) mass is 454 g/mol. The Balaban J connectivity index is 1.32. The molecule has 0 atom stereocenters. The van der Waals surface area contributed by atoms with Crippen LogP contribution in [0.2, 0.25) is 0 Å². The third-order valence-electron chi connectivity index (χ3n) is 4.91. The summed E-state index contributed by atoms with van der Waals surface area (Å²) in [6, 6.07) is 11.0. The van der Waals surface area contributed by atoms with Crippen molar-refractivity contribution in [2.75, 3.05) is 20.2 Å². The Bertz CT molecular complexity index is 1220. The zero-order valence-corrected chi connectivity index (χ0v) is 17.9. The quantitative estimate of drug-likeness (QED) is 0.544. The van der Waals surface area contributed by atoms with E-state index in [4.69, 9.17) is 9.15 Å². The van der Waals surface area contributed by atoms with Crippen molar-refractivity contribution in [2.45, 2.75) is 6.42 Å². The number of amides is 3. The van der Waals surface area contributed by atoms with Crippen LogP contribution in [-0.4, -0.2) is 42.2 Å². The fraction of sp³-hybridized carbons (Fsp3) is 0.174. The minimum Gasteiger partial charge on any atom is -0.497 e. The lowest BCUT2D eigenvalue weighted by Crippen LogP contribution is -2.37. The highest BCUT2D eigenvalue weighted by molar-refractivity contribution is 8.18. The minimum atomic E-state index is -0.437. The van der Waals surface area contributed by atoms with Crippen LogP contribution < -0.4 is 10.1 Å². The highest BCUT2D eigenvalue weighted by Crippen LogP contribution is 2.32. The van der Waals surface area contributed by atoms with Crippen molar-refractivity contribution < 1.29 is 27.9 Å². The van der Waals surface area contributed by atoms with Gasteiger partial charge in [-0.25, -0.2) is 4.39 Å². The first-order chi connectivity index (χ1) is 15.4. The lowest BCUT2D eigenvalue weighted by atomic mass is 10.1. The first-order valence-corrected chi connectivity index (χ1v) is 10.6. The molecule has 164 valence electrons. The number of hydrogen-bond acceptors (Lipinski definition) is 6. The number of methoxy groups -OCH3 is 1. The number of carbonyl (C=O) groups excluding carboxylic acids is 3. The molecule has 1 N–H and O–H groups in total. The number of furan rings is 1. The van der Waals surface area contributed by atoms with Gasteiger partial charge in [0.25, 0.3) is 11.1 Å². The van der Waals surface area contributed by atoms with Gasteiger partial charge in [-0.05, 0) is 47.7 Å². The molecule has 7 nitrogen and oxygen atoms in total. The zero-order valence-electron chi connectivity index (χ0n) is 17.1. The molecule has 1 saturated heterocycles. The molecule has 0 radical (unpaired) electrons. The van der Waals surface area contributed by atoms with E-state index >= 15 is 0 Å². The average molecular weight is 454 g/mol. The van der Waals surface area contributed by atoms with Gasteiger partial charge >= 0.3 is 0 Å². The fourth-order valence-electron chi connectivity index (χ4n) is 3.27. The molecule has 4 rings (SSSR count). The molecule has 2 aromatic carbocycles. The van der Waals surface area contributed by atoms with Gasteiger partial charge in [0.2, 0.25) is 5.91 Å². The van der Waals surface area contributed by atoms with Crippen molar-refractivity contribution in [3.8, 4) is 5.75 Å². The predicted octanol–water partition coefficient (Wildman–Crippen LogP) is 3.98. The number of fused-ring (bicyclic) bond motifs is 1. The van der Waals surface area contributed by atoms with Crippen LogP contribution in [0.1, 0.15) is 11.1 Å². The molecule has 1 aliphatic heterocycles. The molecule has 1 fully saturated rings. The van der Waals surface area contributed by atoms with E-state index < -0.39 is 11.1 Å². The second-order valence-corrected chi connectivity index (χ2v) is 8.03. The Kier molecular flexibility index (Phi) is 6.27. The van der Waals surface area contributed by atoms with Crippen molar-refractivity contribution in [1.29, 1.82) is 0 Å². The maximum atomic E-state index is 13.0. The van der Waals surface area contributed by atoms with Gasteiger partial charge in [0, 0.05) is 30.1 Å². The predicted molar refractivity (Wildman–Crippen MR) is 119 cm³/mol. The number of thioether (sulfide) groups is 1. The maximum Gasteiger partial charge on any atom is 0.293 e. The molecule has 3 amide bonds. The van der Waals surface area contributed by atoms with Crippen LogP contribution in [0.25, 0.3) is 17.0 Å². The largest absolute Gasteiger partial charge is 0.497 e. The first-order valence-electron chi connectivity index (χ1n) is 9.76. The summed E-state index contributed by atoms with van der Waals surface area (Å²) in [6.07, 6.45) is 3.17. The third-order valence-corrected chi connectivity index (χ3v) is 5.82. The number of benzene rings is 2. The summed E-state index contributed by atoms with van der Waals surface area (Å²) < 4.78 is 23.7. The van der Waals surface area contributed by atoms with E-state index in [1.165, 1.54) is 30.5 Å². The van der Waals surface area contributed by atoms with Gasteiger partial charge in [-0.1, -0.05) is 12.1 Å². The summed E-state index contributed by atoms with van der Waals surface area (Å²) in [5.74, 6) is -0.409. The lowest BCUT2D eigenvalue weighted by molar-refractivity contribution is -0.124. The molecular weight excluding hydrogens is 435 g/mol. The summed E-state index contributed by atoms with van der Waals surface area (Å²) in [5, 5.41) is 3.13. The van der Waals surface area contributed by atoms with Gasteiger partial charge in [0.05, 0.1) is 24.7 Å². The lowest BCUT2D eigenvalue weighted by Gasteiger charge is -2.12. The second-order valence-electron chi connectivity index (χ2n) is 7.03. The van der Waals surface area contributed by atoms with Crippen molar-refractivity contribution in [2.24, 2.45) is 0 Å². The van der Waals surface area contributed by atoms with Crippen molar-refractivity contribution in [3.63, 3.8) is 0 Å². The zero-order chi connectivity index (χ0) is 22.7. The topological polar surface area (TPSA) is 88.9 Å². The Labute approximate surface area is 187 Å². The Hall–Kier alpha value is -3.59. The van der Waals surface area contributed by atoms with Gasteiger partial charge in [-0.15, -0.1) is 0 Å². The van der Waals surface area contributed by atoms with Crippen LogP contribution >= 0.6 is 11.8 Å². The molecule has 0 saturated carbocycles. The smallest absolute Gasteiger partial charge is 0.293 e. The number of carbonyl (C=O) groups is 3. The number of nitrogens with one attached hydrogen (secondary N) is 1. The molecule has 1 aromatic heterocycles. The number of rotatable bonds is 7. The van der Waals surface area contributed by atoms with Gasteiger partial charge in [-0.3, -0.25) is 19.3 Å². The summed E-state index contributed by atoms with van der Waals surface area (Å²) in [7, 11) is 1.56. The first kappa shape index (κ1) is 21.6. The van der Waals surface area contributed by atoms with E-state index in [0.29, 0.717) is 16.9 Å². The number of nitrogens with zero attached hydrogens (tertiary/aromatic N) is 1. The Morgan fingerprint density at radius 3 is 2.75 bits per heavy atom. The number of hydrogen-bond donors (Lipinski definition) is 1. The number of ether oxygens (including phenoxy) is 1. The molecule has 0 aliphatic carbocycles. The Morgan fingerprint density at radius 2 is 2.00 bits per heavy atom. The van der Waals surface area contributed by atoms with Crippen LogP contribution in [0.15, 0.2) is 58.1 Å². The number of halogens is 1. The van der Waals surface area contributed by atoms with Crippen LogP contribution in [0.3, 0.4) is 0 Å². The van der Waals surface area contributed by atoms with Gasteiger partial charge in [-0.2, -0.15) is 0 Å². The van der Waals surface area contributed by atoms with Crippen LogP contribution in [0, 0.1) is 5.82 Å². The average Bonchev–Trinajstić information content (AvgIpc) is 3.30. The summed E-state index contributed by atoms with van der Waals surface area (Å²) in [5.41, 5.74) is 1.97. The van der Waals surface area contributed by atoms with Crippen LogP contribution in [0.4, 0.5) is 9.18 Å². The van der Waals surface area contributed by atoms with Crippen LogP contribution in [0.5, 0.6) is 5.75 Å². The molecule has 3 aromatic rings. The van der Waals surface area contributed by atoms with Crippen molar-refractivity contribution in [1.82, 2.24) is 10.2 Å². The Morgan fingerprint density at radius 1 is 1.22 bits per heavy atom. The van der Waals surface area contributed by atoms with E-state index in [0.717, 1.165) is 27.6 Å². The molecular formula is C23H19FN2O5S. The van der Waals surface area contributed by atoms with E-state index in [1.54, 1.807) is 25.3 Å². The molecule has 2 heterocycles. The molecule has 9 heteroatoms. The molecule has 32 heavy (non-hydrogen) atoms. The van der Waals surface area contributed by atoms with Gasteiger partial charge in [0.1, 0.15) is 17.1 Å². The van der Waals surface area contributed by atoms with E-state index in [1.807, 2.05) is 6.07 Å². The van der Waals surface area contributed by atoms with E-state index in [9.17, 15) is 18.8 Å². The summed E-state index contributed by atoms with van der Waals surface area (Å²) in [4.78, 5) is 38.4. The molecule has 1 aliphatic rings. The summed E-state index contributed by atoms with van der Waals surface area (Å²) in [6.45, 7) is 0.185. The SMILES string of the molecule is COc1ccc2c(CC(=O)NCCN3C(=O)S/C(=C\c4ccc(F)cc4)C3=O)coc2c1. The molecule has 0 unspecified atom stereocenters.